The van der Waals surface area contributed by atoms with E-state index in [1.165, 1.54) is 12.8 Å². The van der Waals surface area contributed by atoms with Gasteiger partial charge in [0, 0.05) is 25.6 Å². The monoisotopic (exact) mass is 254 g/mol. The zero-order valence-corrected chi connectivity index (χ0v) is 10.9. The standard InChI is InChI=1S/C13H22N2O3/c1-13(12(17)18)7-2-3-9-15(13)11(16)6-8-14-10-4-5-10/h10,14H,2-9H2,1H3,(H,17,18). The molecule has 2 aliphatic rings. The summed E-state index contributed by atoms with van der Waals surface area (Å²) in [6.45, 7) is 2.90. The number of carboxylic acid groups (broad SMARTS) is 1. The van der Waals surface area contributed by atoms with Crippen molar-refractivity contribution in [3.05, 3.63) is 0 Å². The second kappa shape index (κ2) is 5.26. The normalized spacial score (nSPS) is 28.2. The fourth-order valence-electron chi connectivity index (χ4n) is 2.55. The number of nitrogens with one attached hydrogen (secondary N) is 1. The number of carbonyl (C=O) groups is 2. The number of carboxylic acids is 1. The minimum Gasteiger partial charge on any atom is -0.480 e. The summed E-state index contributed by atoms with van der Waals surface area (Å²) >= 11 is 0. The molecule has 1 atom stereocenters. The van der Waals surface area contributed by atoms with E-state index in [1.54, 1.807) is 11.8 Å². The Bertz CT molecular complexity index is 341. The van der Waals surface area contributed by atoms with Gasteiger partial charge in [0.15, 0.2) is 0 Å². The molecule has 2 N–H and O–H groups in total. The highest BCUT2D eigenvalue weighted by Gasteiger charge is 2.43. The third-order valence-corrected chi connectivity index (χ3v) is 4.00. The lowest BCUT2D eigenvalue weighted by Gasteiger charge is -2.41. The fourth-order valence-corrected chi connectivity index (χ4v) is 2.55. The molecule has 1 saturated heterocycles. The molecule has 0 aromatic rings. The predicted molar refractivity (Wildman–Crippen MR) is 67.2 cm³/mol. The van der Waals surface area contributed by atoms with Gasteiger partial charge in [0.25, 0.3) is 0 Å². The Balaban J connectivity index is 1.90. The number of aliphatic carboxylic acids is 1. The second-order valence-electron chi connectivity index (χ2n) is 5.56. The van der Waals surface area contributed by atoms with Crippen LogP contribution in [-0.2, 0) is 9.59 Å². The highest BCUT2D eigenvalue weighted by atomic mass is 16.4. The minimum absolute atomic E-state index is 0.0345. The molecule has 1 amide bonds. The molecule has 5 nitrogen and oxygen atoms in total. The molecule has 0 bridgehead atoms. The number of piperidine rings is 1. The third-order valence-electron chi connectivity index (χ3n) is 4.00. The van der Waals surface area contributed by atoms with E-state index in [0.717, 1.165) is 12.8 Å². The van der Waals surface area contributed by atoms with Gasteiger partial charge >= 0.3 is 5.97 Å². The van der Waals surface area contributed by atoms with Crippen LogP contribution in [0, 0.1) is 0 Å². The average Bonchev–Trinajstić information content (AvgIpc) is 3.13. The molecule has 1 aliphatic carbocycles. The molecule has 0 aromatic carbocycles. The van der Waals surface area contributed by atoms with Gasteiger partial charge in [-0.2, -0.15) is 0 Å². The SMILES string of the molecule is CC1(C(=O)O)CCCCN1C(=O)CCNC1CC1. The lowest BCUT2D eigenvalue weighted by molar-refractivity contribution is -0.160. The molecule has 0 spiro atoms. The smallest absolute Gasteiger partial charge is 0.329 e. The van der Waals surface area contributed by atoms with E-state index in [4.69, 9.17) is 0 Å². The van der Waals surface area contributed by atoms with Gasteiger partial charge in [0.05, 0.1) is 0 Å². The van der Waals surface area contributed by atoms with E-state index in [1.807, 2.05) is 0 Å². The van der Waals surface area contributed by atoms with E-state index in [9.17, 15) is 14.7 Å². The topological polar surface area (TPSA) is 69.6 Å². The summed E-state index contributed by atoms with van der Waals surface area (Å²) in [6.07, 6.45) is 5.15. The van der Waals surface area contributed by atoms with Crippen molar-refractivity contribution >= 4 is 11.9 Å². The average molecular weight is 254 g/mol. The molecule has 1 unspecified atom stereocenters. The first kappa shape index (κ1) is 13.3. The van der Waals surface area contributed by atoms with Crippen LogP contribution in [0.3, 0.4) is 0 Å². The number of rotatable bonds is 5. The van der Waals surface area contributed by atoms with Crippen LogP contribution in [0.1, 0.15) is 45.4 Å². The van der Waals surface area contributed by atoms with E-state index in [0.29, 0.717) is 32.0 Å². The molecule has 0 radical (unpaired) electrons. The Labute approximate surface area is 108 Å². The Hall–Kier alpha value is -1.10. The Morgan fingerprint density at radius 3 is 2.72 bits per heavy atom. The molecular formula is C13H22N2O3. The molecule has 2 rings (SSSR count). The molecular weight excluding hydrogens is 232 g/mol. The van der Waals surface area contributed by atoms with Gasteiger partial charge in [0.1, 0.15) is 5.54 Å². The van der Waals surface area contributed by atoms with E-state index in [2.05, 4.69) is 5.32 Å². The predicted octanol–water partition coefficient (Wildman–Crippen LogP) is 0.984. The zero-order valence-electron chi connectivity index (χ0n) is 10.9. The zero-order chi connectivity index (χ0) is 13.2. The van der Waals surface area contributed by atoms with Gasteiger partial charge in [-0.3, -0.25) is 4.79 Å². The van der Waals surface area contributed by atoms with Crippen LogP contribution in [-0.4, -0.2) is 46.6 Å². The van der Waals surface area contributed by atoms with Crippen LogP contribution in [0.25, 0.3) is 0 Å². The van der Waals surface area contributed by atoms with Gasteiger partial charge in [-0.15, -0.1) is 0 Å². The summed E-state index contributed by atoms with van der Waals surface area (Å²) in [7, 11) is 0. The van der Waals surface area contributed by atoms with Crippen LogP contribution < -0.4 is 5.32 Å². The molecule has 1 aliphatic heterocycles. The maximum Gasteiger partial charge on any atom is 0.329 e. The summed E-state index contributed by atoms with van der Waals surface area (Å²) in [5, 5.41) is 12.6. The number of amides is 1. The van der Waals surface area contributed by atoms with E-state index >= 15 is 0 Å². The number of hydrogen-bond acceptors (Lipinski definition) is 3. The fraction of sp³-hybridized carbons (Fsp3) is 0.846. The van der Waals surface area contributed by atoms with E-state index in [-0.39, 0.29) is 5.91 Å². The summed E-state index contributed by atoms with van der Waals surface area (Å²) in [6, 6.07) is 0.588. The van der Waals surface area contributed by atoms with Crippen molar-refractivity contribution in [1.82, 2.24) is 10.2 Å². The molecule has 18 heavy (non-hydrogen) atoms. The van der Waals surface area contributed by atoms with Crippen molar-refractivity contribution in [2.75, 3.05) is 13.1 Å². The maximum absolute atomic E-state index is 12.1. The number of hydrogen-bond donors (Lipinski definition) is 2. The van der Waals surface area contributed by atoms with Crippen molar-refractivity contribution in [1.29, 1.82) is 0 Å². The number of carbonyl (C=O) groups excluding carboxylic acids is 1. The third kappa shape index (κ3) is 2.83. The summed E-state index contributed by atoms with van der Waals surface area (Å²) < 4.78 is 0. The lowest BCUT2D eigenvalue weighted by atomic mass is 9.88. The Morgan fingerprint density at radius 2 is 2.11 bits per heavy atom. The van der Waals surface area contributed by atoms with Crippen molar-refractivity contribution in [2.24, 2.45) is 0 Å². The van der Waals surface area contributed by atoms with Crippen LogP contribution in [0.4, 0.5) is 0 Å². The van der Waals surface area contributed by atoms with Crippen molar-refractivity contribution in [2.45, 2.75) is 57.0 Å². The van der Waals surface area contributed by atoms with E-state index < -0.39 is 11.5 Å². The molecule has 0 aromatic heterocycles. The van der Waals surface area contributed by atoms with Crippen LogP contribution in [0.15, 0.2) is 0 Å². The second-order valence-corrected chi connectivity index (χ2v) is 5.56. The highest BCUT2D eigenvalue weighted by Crippen LogP contribution is 2.28. The quantitative estimate of drug-likeness (QED) is 0.767. The largest absolute Gasteiger partial charge is 0.480 e. The Morgan fingerprint density at radius 1 is 1.39 bits per heavy atom. The van der Waals surface area contributed by atoms with Gasteiger partial charge < -0.3 is 15.3 Å². The maximum atomic E-state index is 12.1. The first-order valence-corrected chi connectivity index (χ1v) is 6.81. The van der Waals surface area contributed by atoms with Crippen LogP contribution in [0.5, 0.6) is 0 Å². The molecule has 102 valence electrons. The van der Waals surface area contributed by atoms with Gasteiger partial charge in [-0.25, -0.2) is 4.79 Å². The first-order chi connectivity index (χ1) is 8.54. The molecule has 2 fully saturated rings. The van der Waals surface area contributed by atoms with Crippen molar-refractivity contribution in [3.63, 3.8) is 0 Å². The van der Waals surface area contributed by atoms with Gasteiger partial charge in [-0.05, 0) is 39.0 Å². The number of nitrogens with zero attached hydrogens (tertiary/aromatic N) is 1. The Kier molecular flexibility index (Phi) is 3.90. The van der Waals surface area contributed by atoms with Crippen LogP contribution in [0.2, 0.25) is 0 Å². The number of likely N-dealkylation sites (tertiary alicyclic amines) is 1. The molecule has 1 heterocycles. The van der Waals surface area contributed by atoms with Gasteiger partial charge in [0.2, 0.25) is 5.91 Å². The summed E-state index contributed by atoms with van der Waals surface area (Å²) in [4.78, 5) is 25.1. The minimum atomic E-state index is -1.01. The van der Waals surface area contributed by atoms with Crippen molar-refractivity contribution in [3.8, 4) is 0 Å². The molecule has 1 saturated carbocycles. The summed E-state index contributed by atoms with van der Waals surface area (Å²) in [5.41, 5.74) is -1.01. The molecule has 5 heteroatoms. The highest BCUT2D eigenvalue weighted by molar-refractivity contribution is 5.87. The van der Waals surface area contributed by atoms with Gasteiger partial charge in [-0.1, -0.05) is 0 Å². The van der Waals surface area contributed by atoms with Crippen LogP contribution >= 0.6 is 0 Å². The summed E-state index contributed by atoms with van der Waals surface area (Å²) in [5.74, 6) is -0.918. The first-order valence-electron chi connectivity index (χ1n) is 6.81. The lowest BCUT2D eigenvalue weighted by Crippen LogP contribution is -2.57. The van der Waals surface area contributed by atoms with Crippen molar-refractivity contribution < 1.29 is 14.7 Å².